The van der Waals surface area contributed by atoms with Gasteiger partial charge in [0.15, 0.2) is 0 Å². The molecule has 0 amide bonds. The molecule has 0 aliphatic rings. The minimum Gasteiger partial charge on any atom is -0.497 e. The number of halogens is 1. The van der Waals surface area contributed by atoms with Crippen LogP contribution in [0.1, 0.15) is 23.6 Å². The van der Waals surface area contributed by atoms with Crippen LogP contribution in [0.25, 0.3) is 0 Å². The van der Waals surface area contributed by atoms with E-state index in [1.54, 1.807) is 19.2 Å². The second-order valence-electron chi connectivity index (χ2n) is 6.16. The lowest BCUT2D eigenvalue weighted by molar-refractivity contribution is 0.415. The van der Waals surface area contributed by atoms with Gasteiger partial charge in [0.1, 0.15) is 17.6 Å². The first-order valence-corrected chi connectivity index (χ1v) is 8.93. The first-order valence-electron chi connectivity index (χ1n) is 8.93. The molecule has 0 bridgehead atoms. The Bertz CT molecular complexity index is 893. The highest BCUT2D eigenvalue weighted by Crippen LogP contribution is 2.22. The number of aryl methyl sites for hydroxylation is 1. The van der Waals surface area contributed by atoms with Gasteiger partial charge in [0.05, 0.1) is 7.11 Å². The van der Waals surface area contributed by atoms with Crippen LogP contribution in [0.5, 0.6) is 5.75 Å². The van der Waals surface area contributed by atoms with E-state index in [2.05, 4.69) is 29.3 Å². The molecular formula is C24H22FNO. The Morgan fingerprint density at radius 3 is 2.30 bits per heavy atom. The molecule has 2 nitrogen and oxygen atoms in total. The third-order valence-corrected chi connectivity index (χ3v) is 4.23. The van der Waals surface area contributed by atoms with Crippen LogP contribution in [0.3, 0.4) is 0 Å². The second kappa shape index (κ2) is 9.45. The molecular weight excluding hydrogens is 337 g/mol. The highest BCUT2D eigenvalue weighted by atomic mass is 19.1. The van der Waals surface area contributed by atoms with Crippen LogP contribution >= 0.6 is 0 Å². The summed E-state index contributed by atoms with van der Waals surface area (Å²) in [5, 5.41) is 3.41. The van der Waals surface area contributed by atoms with E-state index >= 15 is 0 Å². The van der Waals surface area contributed by atoms with Gasteiger partial charge in [-0.15, -0.1) is 5.92 Å². The summed E-state index contributed by atoms with van der Waals surface area (Å²) in [6.45, 7) is 0. The molecule has 0 aromatic heterocycles. The predicted octanol–water partition coefficient (Wildman–Crippen LogP) is 5.62. The summed E-state index contributed by atoms with van der Waals surface area (Å²) >= 11 is 0. The molecule has 0 fully saturated rings. The predicted molar refractivity (Wildman–Crippen MR) is 108 cm³/mol. The SMILES string of the molecule is COc1ccc(N[C@@H](C#CCCc2ccccc2)c2ccc(F)cc2)cc1. The van der Waals surface area contributed by atoms with Crippen LogP contribution in [-0.2, 0) is 6.42 Å². The molecule has 0 heterocycles. The molecule has 27 heavy (non-hydrogen) atoms. The van der Waals surface area contributed by atoms with E-state index < -0.39 is 0 Å². The van der Waals surface area contributed by atoms with Gasteiger partial charge in [-0.1, -0.05) is 48.4 Å². The Morgan fingerprint density at radius 2 is 1.63 bits per heavy atom. The Labute approximate surface area is 160 Å². The number of benzene rings is 3. The van der Waals surface area contributed by atoms with Crippen molar-refractivity contribution in [1.29, 1.82) is 0 Å². The number of hydrogen-bond acceptors (Lipinski definition) is 2. The first kappa shape index (κ1) is 18.5. The molecule has 0 aliphatic heterocycles. The summed E-state index contributed by atoms with van der Waals surface area (Å²) in [6, 6.07) is 24.2. The standard InChI is InChI=1S/C24H22FNO/c1-27-23-17-15-22(16-18-23)26-24(20-11-13-21(25)14-12-20)10-6-5-9-19-7-3-2-4-8-19/h2-4,7-8,11-18,24,26H,5,9H2,1H3/t24-/m0/s1. The quantitative estimate of drug-likeness (QED) is 0.577. The lowest BCUT2D eigenvalue weighted by atomic mass is 10.1. The molecule has 1 N–H and O–H groups in total. The molecule has 3 heteroatoms. The van der Waals surface area contributed by atoms with E-state index in [-0.39, 0.29) is 11.9 Å². The van der Waals surface area contributed by atoms with E-state index in [9.17, 15) is 4.39 Å². The van der Waals surface area contributed by atoms with Crippen LogP contribution in [0.2, 0.25) is 0 Å². The summed E-state index contributed by atoms with van der Waals surface area (Å²) in [5.41, 5.74) is 3.13. The van der Waals surface area contributed by atoms with Crippen LogP contribution in [0.4, 0.5) is 10.1 Å². The van der Waals surface area contributed by atoms with E-state index in [0.717, 1.165) is 29.8 Å². The van der Waals surface area contributed by atoms with Crippen molar-refractivity contribution >= 4 is 5.69 Å². The van der Waals surface area contributed by atoms with Gasteiger partial charge in [0, 0.05) is 12.1 Å². The summed E-state index contributed by atoms with van der Waals surface area (Å²) in [5.74, 6) is 7.09. The maximum atomic E-state index is 13.3. The number of rotatable bonds is 6. The Hall–Kier alpha value is -3.25. The molecule has 3 aromatic rings. The molecule has 0 saturated heterocycles. The van der Waals surface area contributed by atoms with Crippen LogP contribution in [0.15, 0.2) is 78.9 Å². The third-order valence-electron chi connectivity index (χ3n) is 4.23. The molecule has 0 spiro atoms. The normalized spacial score (nSPS) is 11.2. The van der Waals surface area contributed by atoms with E-state index in [0.29, 0.717) is 0 Å². The molecule has 136 valence electrons. The van der Waals surface area contributed by atoms with Gasteiger partial charge in [-0.3, -0.25) is 0 Å². The summed E-state index contributed by atoms with van der Waals surface area (Å²) in [4.78, 5) is 0. The zero-order valence-corrected chi connectivity index (χ0v) is 15.3. The highest BCUT2D eigenvalue weighted by Gasteiger charge is 2.08. The molecule has 1 atom stereocenters. The number of methoxy groups -OCH3 is 1. The average Bonchev–Trinajstić information content (AvgIpc) is 2.72. The molecule has 3 rings (SSSR count). The van der Waals surface area contributed by atoms with Crippen molar-refractivity contribution in [3.63, 3.8) is 0 Å². The van der Waals surface area contributed by atoms with Crippen molar-refractivity contribution in [1.82, 2.24) is 0 Å². The Morgan fingerprint density at radius 1 is 0.926 bits per heavy atom. The van der Waals surface area contributed by atoms with Gasteiger partial charge < -0.3 is 10.1 Å². The molecule has 0 saturated carbocycles. The van der Waals surface area contributed by atoms with Crippen molar-refractivity contribution in [2.45, 2.75) is 18.9 Å². The third kappa shape index (κ3) is 5.62. The van der Waals surface area contributed by atoms with Gasteiger partial charge in [0.25, 0.3) is 0 Å². The Balaban J connectivity index is 1.73. The minimum atomic E-state index is -0.251. The molecule has 0 radical (unpaired) electrons. The summed E-state index contributed by atoms with van der Waals surface area (Å²) in [7, 11) is 1.64. The van der Waals surface area contributed by atoms with Crippen molar-refractivity contribution in [2.24, 2.45) is 0 Å². The number of hydrogen-bond donors (Lipinski definition) is 1. The number of ether oxygens (including phenoxy) is 1. The van der Waals surface area contributed by atoms with Crippen molar-refractivity contribution < 1.29 is 9.13 Å². The average molecular weight is 359 g/mol. The lowest BCUT2D eigenvalue weighted by Gasteiger charge is -2.15. The zero-order valence-electron chi connectivity index (χ0n) is 15.3. The first-order chi connectivity index (χ1) is 13.2. The summed E-state index contributed by atoms with van der Waals surface area (Å²) in [6.07, 6.45) is 1.68. The fourth-order valence-electron chi connectivity index (χ4n) is 2.74. The van der Waals surface area contributed by atoms with Crippen molar-refractivity contribution in [2.75, 3.05) is 12.4 Å². The van der Waals surface area contributed by atoms with Crippen LogP contribution in [-0.4, -0.2) is 7.11 Å². The van der Waals surface area contributed by atoms with E-state index in [4.69, 9.17) is 4.74 Å². The molecule has 3 aromatic carbocycles. The lowest BCUT2D eigenvalue weighted by Crippen LogP contribution is -2.08. The molecule has 0 aliphatic carbocycles. The maximum absolute atomic E-state index is 13.3. The smallest absolute Gasteiger partial charge is 0.123 e. The fourth-order valence-corrected chi connectivity index (χ4v) is 2.74. The fraction of sp³-hybridized carbons (Fsp3) is 0.167. The second-order valence-corrected chi connectivity index (χ2v) is 6.16. The van der Waals surface area contributed by atoms with Gasteiger partial charge in [-0.25, -0.2) is 4.39 Å². The van der Waals surface area contributed by atoms with Gasteiger partial charge >= 0.3 is 0 Å². The van der Waals surface area contributed by atoms with Gasteiger partial charge in [0.2, 0.25) is 0 Å². The van der Waals surface area contributed by atoms with Crippen LogP contribution < -0.4 is 10.1 Å². The maximum Gasteiger partial charge on any atom is 0.123 e. The topological polar surface area (TPSA) is 21.3 Å². The largest absolute Gasteiger partial charge is 0.497 e. The minimum absolute atomic E-state index is 0.213. The highest BCUT2D eigenvalue weighted by molar-refractivity contribution is 5.50. The van der Waals surface area contributed by atoms with Gasteiger partial charge in [-0.05, 0) is 53.9 Å². The Kier molecular flexibility index (Phi) is 6.49. The monoisotopic (exact) mass is 359 g/mol. The van der Waals surface area contributed by atoms with Crippen molar-refractivity contribution in [3.05, 3.63) is 95.8 Å². The summed E-state index contributed by atoms with van der Waals surface area (Å²) < 4.78 is 18.5. The number of nitrogens with one attached hydrogen (secondary N) is 1. The van der Waals surface area contributed by atoms with E-state index in [1.165, 1.54) is 17.7 Å². The van der Waals surface area contributed by atoms with Gasteiger partial charge in [-0.2, -0.15) is 0 Å². The van der Waals surface area contributed by atoms with E-state index in [1.807, 2.05) is 42.5 Å². The molecule has 0 unspecified atom stereocenters. The number of anilines is 1. The van der Waals surface area contributed by atoms with Crippen LogP contribution in [0, 0.1) is 17.7 Å². The zero-order chi connectivity index (χ0) is 18.9. The van der Waals surface area contributed by atoms with Crippen molar-refractivity contribution in [3.8, 4) is 17.6 Å².